The number of nitrogens with two attached hydrogens (primary N) is 1. The van der Waals surface area contributed by atoms with Crippen LogP contribution in [0, 0.1) is 5.92 Å². The second-order valence-electron chi connectivity index (χ2n) is 5.31. The molecule has 1 fully saturated rings. The normalized spacial score (nSPS) is 18.4. The van der Waals surface area contributed by atoms with E-state index in [0.29, 0.717) is 13.1 Å². The second-order valence-corrected chi connectivity index (χ2v) is 6.42. The van der Waals surface area contributed by atoms with E-state index in [9.17, 15) is 9.59 Å². The minimum Gasteiger partial charge on any atom is -0.458 e. The SMILES string of the molecule is NC(=O)N1CCC[C@@H](C(=O)OCc2nc3ccccc3s2)C1. The molecule has 2 amide bonds. The van der Waals surface area contributed by atoms with Crippen molar-refractivity contribution in [3.8, 4) is 0 Å². The van der Waals surface area contributed by atoms with E-state index >= 15 is 0 Å². The van der Waals surface area contributed by atoms with Crippen LogP contribution in [0.2, 0.25) is 0 Å². The number of hydrogen-bond acceptors (Lipinski definition) is 5. The maximum absolute atomic E-state index is 12.1. The van der Waals surface area contributed by atoms with E-state index in [1.165, 1.54) is 16.2 Å². The maximum atomic E-state index is 12.1. The molecule has 0 saturated carbocycles. The number of fused-ring (bicyclic) bond motifs is 1. The zero-order valence-corrected chi connectivity index (χ0v) is 12.8. The molecule has 22 heavy (non-hydrogen) atoms. The Morgan fingerprint density at radius 2 is 2.23 bits per heavy atom. The number of esters is 1. The smallest absolute Gasteiger partial charge is 0.314 e. The van der Waals surface area contributed by atoms with E-state index in [2.05, 4.69) is 4.98 Å². The number of nitrogens with zero attached hydrogens (tertiary/aromatic N) is 2. The van der Waals surface area contributed by atoms with Crippen LogP contribution in [0.3, 0.4) is 0 Å². The molecule has 2 N–H and O–H groups in total. The fourth-order valence-electron chi connectivity index (χ4n) is 2.60. The number of aromatic nitrogens is 1. The molecule has 0 unspecified atom stereocenters. The highest BCUT2D eigenvalue weighted by molar-refractivity contribution is 7.18. The van der Waals surface area contributed by atoms with Gasteiger partial charge in [-0.2, -0.15) is 0 Å². The molecular weight excluding hydrogens is 302 g/mol. The number of rotatable bonds is 3. The number of piperidine rings is 1. The third kappa shape index (κ3) is 3.19. The van der Waals surface area contributed by atoms with Crippen molar-refractivity contribution >= 4 is 33.6 Å². The molecule has 7 heteroatoms. The number of carbonyl (C=O) groups is 2. The first-order chi connectivity index (χ1) is 10.6. The predicted octanol–water partition coefficient (Wildman–Crippen LogP) is 2.13. The molecule has 1 atom stereocenters. The van der Waals surface area contributed by atoms with E-state index < -0.39 is 6.03 Å². The van der Waals surface area contributed by atoms with Crippen LogP contribution in [0.5, 0.6) is 0 Å². The van der Waals surface area contributed by atoms with Crippen molar-refractivity contribution < 1.29 is 14.3 Å². The second kappa shape index (κ2) is 6.31. The molecule has 6 nitrogen and oxygen atoms in total. The average molecular weight is 319 g/mol. The van der Waals surface area contributed by atoms with Gasteiger partial charge < -0.3 is 15.4 Å². The Labute approximate surface area is 131 Å². The number of urea groups is 1. The molecule has 1 aromatic heterocycles. The highest BCUT2D eigenvalue weighted by Crippen LogP contribution is 2.23. The number of primary amides is 1. The highest BCUT2D eigenvalue weighted by atomic mass is 32.1. The minimum absolute atomic E-state index is 0.172. The fourth-order valence-corrected chi connectivity index (χ4v) is 3.48. The first kappa shape index (κ1) is 14.8. The number of hydrogen-bond donors (Lipinski definition) is 1. The summed E-state index contributed by atoms with van der Waals surface area (Å²) >= 11 is 1.52. The molecule has 0 radical (unpaired) electrons. The van der Waals surface area contributed by atoms with Gasteiger partial charge in [-0.25, -0.2) is 9.78 Å². The van der Waals surface area contributed by atoms with Gasteiger partial charge in [0, 0.05) is 13.1 Å². The number of ether oxygens (including phenoxy) is 1. The summed E-state index contributed by atoms with van der Waals surface area (Å²) in [7, 11) is 0. The fraction of sp³-hybridized carbons (Fsp3) is 0.400. The average Bonchev–Trinajstić information content (AvgIpc) is 2.95. The van der Waals surface area contributed by atoms with Crippen molar-refractivity contribution in [3.63, 3.8) is 0 Å². The lowest BCUT2D eigenvalue weighted by atomic mass is 9.98. The Hall–Kier alpha value is -2.15. The molecule has 1 aliphatic heterocycles. The van der Waals surface area contributed by atoms with Crippen LogP contribution >= 0.6 is 11.3 Å². The van der Waals surface area contributed by atoms with Gasteiger partial charge in [-0.15, -0.1) is 11.3 Å². The maximum Gasteiger partial charge on any atom is 0.314 e. The zero-order chi connectivity index (χ0) is 15.5. The van der Waals surface area contributed by atoms with Crippen LogP contribution in [-0.2, 0) is 16.1 Å². The molecule has 1 saturated heterocycles. The Morgan fingerprint density at radius 3 is 3.00 bits per heavy atom. The van der Waals surface area contributed by atoms with Gasteiger partial charge in [0.2, 0.25) is 0 Å². The Balaban J connectivity index is 1.58. The lowest BCUT2D eigenvalue weighted by Crippen LogP contribution is -2.45. The van der Waals surface area contributed by atoms with E-state index in [4.69, 9.17) is 10.5 Å². The molecule has 2 heterocycles. The molecule has 1 aliphatic rings. The van der Waals surface area contributed by atoms with Gasteiger partial charge in [-0.05, 0) is 25.0 Å². The Morgan fingerprint density at radius 1 is 1.41 bits per heavy atom. The molecule has 3 rings (SSSR count). The zero-order valence-electron chi connectivity index (χ0n) is 12.0. The van der Waals surface area contributed by atoms with Gasteiger partial charge in [0.05, 0.1) is 16.1 Å². The lowest BCUT2D eigenvalue weighted by Gasteiger charge is -2.30. The summed E-state index contributed by atoms with van der Waals surface area (Å²) in [6.07, 6.45) is 1.49. The van der Waals surface area contributed by atoms with Crippen molar-refractivity contribution in [3.05, 3.63) is 29.3 Å². The molecule has 2 aromatic rings. The molecular formula is C15H17N3O3S. The number of amides is 2. The summed E-state index contributed by atoms with van der Waals surface area (Å²) in [5.41, 5.74) is 6.18. The van der Waals surface area contributed by atoms with Gasteiger partial charge in [0.15, 0.2) is 0 Å². The molecule has 116 valence electrons. The Bertz CT molecular complexity index is 667. The number of likely N-dealkylation sites (tertiary alicyclic amines) is 1. The summed E-state index contributed by atoms with van der Waals surface area (Å²) in [5.74, 6) is -0.583. The third-order valence-corrected chi connectivity index (χ3v) is 4.75. The van der Waals surface area contributed by atoms with Crippen molar-refractivity contribution in [1.82, 2.24) is 9.88 Å². The minimum atomic E-state index is -0.483. The van der Waals surface area contributed by atoms with Crippen LogP contribution in [0.4, 0.5) is 4.79 Å². The van der Waals surface area contributed by atoms with Crippen LogP contribution in [0.25, 0.3) is 10.2 Å². The summed E-state index contributed by atoms with van der Waals surface area (Å²) in [4.78, 5) is 29.2. The van der Waals surface area contributed by atoms with Crippen molar-refractivity contribution in [1.29, 1.82) is 0 Å². The van der Waals surface area contributed by atoms with Crippen LogP contribution in [0.15, 0.2) is 24.3 Å². The summed E-state index contributed by atoms with van der Waals surface area (Å²) < 4.78 is 6.43. The van der Waals surface area contributed by atoms with Gasteiger partial charge in [-0.3, -0.25) is 4.79 Å². The lowest BCUT2D eigenvalue weighted by molar-refractivity contribution is -0.151. The topological polar surface area (TPSA) is 85.5 Å². The van der Waals surface area contributed by atoms with Gasteiger partial charge in [0.25, 0.3) is 0 Å². The first-order valence-electron chi connectivity index (χ1n) is 7.19. The summed E-state index contributed by atoms with van der Waals surface area (Å²) in [5, 5.41) is 0.775. The quantitative estimate of drug-likeness (QED) is 0.878. The first-order valence-corrected chi connectivity index (χ1v) is 8.00. The van der Waals surface area contributed by atoms with Crippen LogP contribution < -0.4 is 5.73 Å². The highest BCUT2D eigenvalue weighted by Gasteiger charge is 2.28. The van der Waals surface area contributed by atoms with Gasteiger partial charge in [0.1, 0.15) is 11.6 Å². The van der Waals surface area contributed by atoms with Crippen LogP contribution in [-0.4, -0.2) is 35.0 Å². The standard InChI is InChI=1S/C15H17N3O3S/c16-15(20)18-7-3-4-10(8-18)14(19)21-9-13-17-11-5-1-2-6-12(11)22-13/h1-2,5-6,10H,3-4,7-9H2,(H2,16,20)/t10-/m1/s1. The van der Waals surface area contributed by atoms with Crippen molar-refractivity contribution in [2.45, 2.75) is 19.4 Å². The van der Waals surface area contributed by atoms with E-state index in [1.807, 2.05) is 24.3 Å². The Kier molecular flexibility index (Phi) is 4.24. The van der Waals surface area contributed by atoms with Crippen LogP contribution in [0.1, 0.15) is 17.8 Å². The van der Waals surface area contributed by atoms with E-state index in [1.54, 1.807) is 0 Å². The van der Waals surface area contributed by atoms with Gasteiger partial charge >= 0.3 is 12.0 Å². The number of carbonyl (C=O) groups excluding carboxylic acids is 2. The summed E-state index contributed by atoms with van der Waals surface area (Å²) in [6, 6.07) is 7.33. The predicted molar refractivity (Wildman–Crippen MR) is 83.3 cm³/mol. The number of para-hydroxylation sites is 1. The number of thiazole rings is 1. The van der Waals surface area contributed by atoms with Crippen molar-refractivity contribution in [2.75, 3.05) is 13.1 Å². The van der Waals surface area contributed by atoms with Gasteiger partial charge in [-0.1, -0.05) is 12.1 Å². The monoisotopic (exact) mass is 319 g/mol. The molecule has 1 aromatic carbocycles. The molecule has 0 spiro atoms. The third-order valence-electron chi connectivity index (χ3n) is 3.74. The molecule has 0 bridgehead atoms. The molecule has 0 aliphatic carbocycles. The number of benzene rings is 1. The summed E-state index contributed by atoms with van der Waals surface area (Å²) in [6.45, 7) is 1.12. The van der Waals surface area contributed by atoms with Crippen molar-refractivity contribution in [2.24, 2.45) is 11.7 Å². The largest absolute Gasteiger partial charge is 0.458 e. The van der Waals surface area contributed by atoms with E-state index in [-0.39, 0.29) is 18.5 Å². The van der Waals surface area contributed by atoms with E-state index in [0.717, 1.165) is 28.1 Å².